The predicted octanol–water partition coefficient (Wildman–Crippen LogP) is 7.35. The van der Waals surface area contributed by atoms with Crippen LogP contribution in [0.25, 0.3) is 0 Å². The number of unbranched alkanes of at least 4 members (excludes halogenated alkanes) is 12. The number of hydrogen-bond donors (Lipinski definition) is 1. The molecule has 0 radical (unpaired) electrons. The Labute approximate surface area is 229 Å². The predicted molar refractivity (Wildman–Crippen MR) is 154 cm³/mol. The van der Waals surface area contributed by atoms with Crippen LogP contribution in [0.4, 0.5) is 0 Å². The smallest absolute Gasteiger partial charge is 0.328 e. The Hall–Kier alpha value is -0.460. The summed E-state index contributed by atoms with van der Waals surface area (Å²) in [6, 6.07) is 0. The highest BCUT2D eigenvalue weighted by Crippen LogP contribution is 2.43. The molecular weight excluding hydrogens is 489 g/mol. The van der Waals surface area contributed by atoms with Crippen molar-refractivity contribution in [3.63, 3.8) is 0 Å². The Kier molecular flexibility index (Phi) is 22.1. The van der Waals surface area contributed by atoms with E-state index < -0.39 is 19.7 Å². The molecule has 0 spiro atoms. The first kappa shape index (κ1) is 36.5. The molecule has 0 aliphatic rings. The first-order valence-electron chi connectivity index (χ1n) is 15.0. The van der Waals surface area contributed by atoms with E-state index in [9.17, 15) is 14.3 Å². The molecule has 0 bridgehead atoms. The molecule has 222 valence electrons. The van der Waals surface area contributed by atoms with Crippen molar-refractivity contribution in [3.8, 4) is 0 Å². The van der Waals surface area contributed by atoms with Crippen molar-refractivity contribution in [3.05, 3.63) is 0 Å². The molecule has 0 fully saturated rings. The molecule has 0 aromatic carbocycles. The standard InChI is InChI=1S/C29H60NO6P/c1-7-8-9-10-11-12-13-14-15-16-17-18-21-27(2)24-34-25-29(36-28(3)31)26-35-37(32,33)23-20-19-22-30(4,5)6/h27,29H,7-26H2,1-6H3/p+1. The minimum atomic E-state index is -3.71. The highest BCUT2D eigenvalue weighted by atomic mass is 31.2. The molecule has 37 heavy (non-hydrogen) atoms. The van der Waals surface area contributed by atoms with Crippen molar-refractivity contribution < 1.29 is 32.7 Å². The molecule has 1 N–H and O–H groups in total. The maximum Gasteiger partial charge on any atom is 0.328 e. The van der Waals surface area contributed by atoms with Crippen molar-refractivity contribution >= 4 is 13.6 Å². The molecule has 0 rings (SSSR count). The molecule has 0 aromatic rings. The Bertz CT molecular complexity index is 595. The highest BCUT2D eigenvalue weighted by molar-refractivity contribution is 7.52. The largest absolute Gasteiger partial charge is 0.458 e. The first-order chi connectivity index (χ1) is 17.4. The van der Waals surface area contributed by atoms with E-state index in [4.69, 9.17) is 14.0 Å². The summed E-state index contributed by atoms with van der Waals surface area (Å²) in [4.78, 5) is 21.6. The van der Waals surface area contributed by atoms with Crippen molar-refractivity contribution in [2.75, 3.05) is 53.7 Å². The van der Waals surface area contributed by atoms with Crippen molar-refractivity contribution in [2.45, 2.75) is 123 Å². The SMILES string of the molecule is CCCCCCCCCCCCCCC(C)COCC(COP(=O)(O)CCCC[N+](C)(C)C)OC(C)=O. The van der Waals surface area contributed by atoms with Gasteiger partial charge in [-0.1, -0.05) is 90.9 Å². The van der Waals surface area contributed by atoms with Gasteiger partial charge in [0.2, 0.25) is 0 Å². The Balaban J connectivity index is 3.94. The summed E-state index contributed by atoms with van der Waals surface area (Å²) < 4.78 is 29.5. The van der Waals surface area contributed by atoms with E-state index in [-0.39, 0.29) is 19.4 Å². The molecule has 0 aromatic heterocycles. The molecule has 0 saturated carbocycles. The van der Waals surface area contributed by atoms with E-state index in [2.05, 4.69) is 35.0 Å². The monoisotopic (exact) mass is 550 g/mol. The Morgan fingerprint density at radius 2 is 1.35 bits per heavy atom. The van der Waals surface area contributed by atoms with Crippen LogP contribution in [0, 0.1) is 5.92 Å². The van der Waals surface area contributed by atoms with Crippen LogP contribution < -0.4 is 0 Å². The normalized spacial score (nSPS) is 15.3. The zero-order valence-corrected chi connectivity index (χ0v) is 26.1. The van der Waals surface area contributed by atoms with E-state index in [1.165, 1.54) is 84.0 Å². The van der Waals surface area contributed by atoms with Gasteiger partial charge in [0.05, 0.1) is 47.1 Å². The second-order valence-electron chi connectivity index (χ2n) is 11.9. The van der Waals surface area contributed by atoms with Gasteiger partial charge in [-0.25, -0.2) is 0 Å². The summed E-state index contributed by atoms with van der Waals surface area (Å²) in [7, 11) is 2.57. The molecule has 0 aliphatic carbocycles. The fourth-order valence-corrected chi connectivity index (χ4v) is 5.48. The highest BCUT2D eigenvalue weighted by Gasteiger charge is 2.23. The van der Waals surface area contributed by atoms with Crippen molar-refractivity contribution in [1.82, 2.24) is 0 Å². The lowest BCUT2D eigenvalue weighted by atomic mass is 10.0. The second-order valence-corrected chi connectivity index (χ2v) is 13.9. The molecule has 7 nitrogen and oxygen atoms in total. The molecule has 0 saturated heterocycles. The lowest BCUT2D eigenvalue weighted by Gasteiger charge is -2.24. The average molecular weight is 551 g/mol. The number of ether oxygens (including phenoxy) is 2. The quantitative estimate of drug-likeness (QED) is 0.0525. The molecule has 3 atom stereocenters. The van der Waals surface area contributed by atoms with Gasteiger partial charge < -0.3 is 23.4 Å². The van der Waals surface area contributed by atoms with Gasteiger partial charge in [0, 0.05) is 13.5 Å². The van der Waals surface area contributed by atoms with Gasteiger partial charge in [0.25, 0.3) is 0 Å². The fraction of sp³-hybridized carbons (Fsp3) is 0.966. The number of esters is 1. The number of quaternary nitrogens is 1. The minimum Gasteiger partial charge on any atom is -0.458 e. The number of nitrogens with zero attached hydrogens (tertiary/aromatic N) is 1. The summed E-state index contributed by atoms with van der Waals surface area (Å²) in [5.74, 6) is -0.0235. The molecule has 0 heterocycles. The van der Waals surface area contributed by atoms with Gasteiger partial charge in [-0.15, -0.1) is 0 Å². The van der Waals surface area contributed by atoms with Crippen LogP contribution in [-0.4, -0.2) is 75.1 Å². The lowest BCUT2D eigenvalue weighted by molar-refractivity contribution is -0.870. The van der Waals surface area contributed by atoms with Crippen LogP contribution in [0.1, 0.15) is 117 Å². The van der Waals surface area contributed by atoms with Crippen LogP contribution >= 0.6 is 7.60 Å². The summed E-state index contributed by atoms with van der Waals surface area (Å²) in [5, 5.41) is 0. The molecule has 0 aliphatic heterocycles. The third-order valence-corrected chi connectivity index (χ3v) is 8.00. The first-order valence-corrected chi connectivity index (χ1v) is 16.7. The number of carbonyl (C=O) groups is 1. The van der Waals surface area contributed by atoms with E-state index >= 15 is 0 Å². The van der Waals surface area contributed by atoms with E-state index in [1.54, 1.807) is 0 Å². The van der Waals surface area contributed by atoms with Crippen LogP contribution in [0.15, 0.2) is 0 Å². The Morgan fingerprint density at radius 3 is 1.86 bits per heavy atom. The summed E-state index contributed by atoms with van der Waals surface area (Å²) in [5.41, 5.74) is 0. The summed E-state index contributed by atoms with van der Waals surface area (Å²) >= 11 is 0. The average Bonchev–Trinajstić information content (AvgIpc) is 2.80. The van der Waals surface area contributed by atoms with Crippen LogP contribution in [0.3, 0.4) is 0 Å². The summed E-state index contributed by atoms with van der Waals surface area (Å²) in [6.07, 6.45) is 18.2. The van der Waals surface area contributed by atoms with Crippen LogP contribution in [0.2, 0.25) is 0 Å². The third kappa shape index (κ3) is 26.9. The Morgan fingerprint density at radius 1 is 0.811 bits per heavy atom. The second kappa shape index (κ2) is 22.4. The minimum absolute atomic E-state index is 0.108. The summed E-state index contributed by atoms with van der Waals surface area (Å²) in [6.45, 7) is 7.32. The maximum absolute atomic E-state index is 12.4. The number of hydrogen-bond acceptors (Lipinski definition) is 5. The van der Waals surface area contributed by atoms with Gasteiger partial charge in [0.15, 0.2) is 0 Å². The molecule has 0 amide bonds. The zero-order chi connectivity index (χ0) is 28.0. The fourth-order valence-electron chi connectivity index (χ4n) is 4.33. The van der Waals surface area contributed by atoms with Crippen molar-refractivity contribution in [1.29, 1.82) is 0 Å². The topological polar surface area (TPSA) is 82.1 Å². The number of carbonyl (C=O) groups excluding carboxylic acids is 1. The van der Waals surface area contributed by atoms with Gasteiger partial charge in [-0.05, 0) is 25.2 Å². The van der Waals surface area contributed by atoms with Gasteiger partial charge in [-0.2, -0.15) is 0 Å². The molecular formula is C29H61NO6P+. The van der Waals surface area contributed by atoms with Crippen LogP contribution in [0.5, 0.6) is 0 Å². The van der Waals surface area contributed by atoms with Gasteiger partial charge in [-0.3, -0.25) is 9.36 Å². The third-order valence-electron chi connectivity index (χ3n) is 6.57. The van der Waals surface area contributed by atoms with E-state index in [0.29, 0.717) is 18.9 Å². The van der Waals surface area contributed by atoms with Gasteiger partial charge >= 0.3 is 13.6 Å². The number of rotatable bonds is 26. The van der Waals surface area contributed by atoms with Gasteiger partial charge in [0.1, 0.15) is 6.10 Å². The van der Waals surface area contributed by atoms with Crippen molar-refractivity contribution in [2.24, 2.45) is 5.92 Å². The zero-order valence-electron chi connectivity index (χ0n) is 25.2. The van der Waals surface area contributed by atoms with Crippen LogP contribution in [-0.2, 0) is 23.4 Å². The van der Waals surface area contributed by atoms with E-state index in [1.807, 2.05) is 0 Å². The molecule has 8 heteroatoms. The van der Waals surface area contributed by atoms with E-state index in [0.717, 1.165) is 23.9 Å². The maximum atomic E-state index is 12.4. The molecule has 3 unspecified atom stereocenters. The lowest BCUT2D eigenvalue weighted by Crippen LogP contribution is -2.35.